The first-order valence-corrected chi connectivity index (χ1v) is 25.0. The van der Waals surface area contributed by atoms with E-state index in [4.69, 9.17) is 37.4 Å². The second kappa shape index (κ2) is 24.6. The Balaban J connectivity index is 1.12. The van der Waals surface area contributed by atoms with Crippen molar-refractivity contribution in [2.75, 3.05) is 26.8 Å². The monoisotopic (exact) mass is 1080 g/mol. The Labute approximate surface area is 437 Å². The lowest BCUT2D eigenvalue weighted by Crippen LogP contribution is -2.65. The fourth-order valence-corrected chi connectivity index (χ4v) is 9.30. The van der Waals surface area contributed by atoms with Crippen molar-refractivity contribution >= 4 is 53.0 Å². The van der Waals surface area contributed by atoms with E-state index >= 15 is 4.39 Å². The Morgan fingerprint density at radius 2 is 1.66 bits per heavy atom. The van der Waals surface area contributed by atoms with E-state index in [-0.39, 0.29) is 80.5 Å². The molecule has 1 aliphatic carbocycles. The molecule has 4 amide bonds. The number of nitrogens with one attached hydrogen (secondary N) is 3. The Hall–Kier alpha value is -5.96. The number of carbonyl (C=O) groups excluding carboxylic acids is 4. The fourth-order valence-electron chi connectivity index (χ4n) is 8.98. The van der Waals surface area contributed by atoms with Gasteiger partial charge in [-0.3, -0.25) is 24.1 Å². The van der Waals surface area contributed by atoms with E-state index in [1.165, 1.54) is 20.1 Å². The van der Waals surface area contributed by atoms with Crippen molar-refractivity contribution in [2.45, 2.75) is 128 Å². The van der Waals surface area contributed by atoms with Crippen molar-refractivity contribution in [1.82, 2.24) is 35.3 Å². The van der Waals surface area contributed by atoms with E-state index in [1.54, 1.807) is 47.5 Å². The average Bonchev–Trinajstić information content (AvgIpc) is 3.65. The lowest BCUT2D eigenvalue weighted by Gasteiger charge is -2.45. The third-order valence-corrected chi connectivity index (χ3v) is 13.4. The standard InChI is InChI=1S/C52H63Cl2F4N7O9/c1-31(46(68)61-41(29-72-6)47(69)62-51(24-32-11-15-35(53)16-12-32)19-8-20-64(30-51)48(70)34(21-45(66)67)25-52(56,57)58)59-26-39-40(55)22-36(54)23-43(39)73-38-17-13-33(14-18-38)42-27-60-44(63(42)5)28-65(37-9-7-10-37)49(71)74-50(2,3)4/h11-18,22-23,27,31,34,37,41,59H,7-10,19-21,24-26,28-30H2,1-6H3,(H,61,68)(H,62,69)(H,66,67)/t31?,34?,41?,51-/m1/s1. The van der Waals surface area contributed by atoms with E-state index in [0.29, 0.717) is 22.2 Å². The summed E-state index contributed by atoms with van der Waals surface area (Å²) in [6.07, 6.45) is -2.72. The van der Waals surface area contributed by atoms with Crippen LogP contribution in [0.5, 0.6) is 11.5 Å². The van der Waals surface area contributed by atoms with Gasteiger partial charge in [0.25, 0.3) is 0 Å². The van der Waals surface area contributed by atoms with Crippen molar-refractivity contribution in [3.63, 3.8) is 0 Å². The summed E-state index contributed by atoms with van der Waals surface area (Å²) < 4.78 is 75.4. The number of aliphatic carboxylic acids is 1. The second-order valence-corrected chi connectivity index (χ2v) is 20.8. The summed E-state index contributed by atoms with van der Waals surface area (Å²) in [4.78, 5) is 73.8. The van der Waals surface area contributed by atoms with Crippen molar-refractivity contribution in [3.05, 3.63) is 99.7 Å². The van der Waals surface area contributed by atoms with Crippen LogP contribution in [0.3, 0.4) is 0 Å². The van der Waals surface area contributed by atoms with Gasteiger partial charge in [-0.15, -0.1) is 0 Å². The van der Waals surface area contributed by atoms with Crippen molar-refractivity contribution in [3.8, 4) is 22.8 Å². The maximum Gasteiger partial charge on any atom is 0.410 e. The Morgan fingerprint density at radius 1 is 0.973 bits per heavy atom. The number of imidazole rings is 1. The summed E-state index contributed by atoms with van der Waals surface area (Å²) in [5, 5.41) is 18.5. The number of amides is 4. The molecule has 6 rings (SSSR count). The lowest BCUT2D eigenvalue weighted by molar-refractivity contribution is -0.164. The number of likely N-dealkylation sites (tertiary alicyclic amines) is 1. The topological polar surface area (TPSA) is 194 Å². The average molecular weight is 1080 g/mol. The molecule has 4 atom stereocenters. The number of carboxylic acid groups (broad SMARTS) is 1. The first-order valence-electron chi connectivity index (χ1n) is 24.3. The van der Waals surface area contributed by atoms with Crippen LogP contribution >= 0.6 is 23.2 Å². The number of piperidine rings is 1. The molecular formula is C52H63Cl2F4N7O9. The van der Waals surface area contributed by atoms with Gasteiger partial charge in [0.15, 0.2) is 0 Å². The third kappa shape index (κ3) is 15.8. The molecule has 4 N–H and O–H groups in total. The van der Waals surface area contributed by atoms with E-state index in [0.717, 1.165) is 41.5 Å². The number of alkyl halides is 3. The maximum atomic E-state index is 15.7. The smallest absolute Gasteiger partial charge is 0.410 e. The van der Waals surface area contributed by atoms with Crippen LogP contribution in [0.4, 0.5) is 22.4 Å². The van der Waals surface area contributed by atoms with Gasteiger partial charge in [-0.25, -0.2) is 14.2 Å². The number of benzene rings is 3. The SMILES string of the molecule is COCC(NC(=O)C(C)NCc1c(F)cc(Cl)cc1Oc1ccc(-c2cnc(CN(C(=O)OC(C)(C)C)C3CCC3)n2C)cc1)C(=O)N[C@@]1(Cc2ccc(Cl)cc2)CCCN(C(=O)C(CC(=O)O)CC(F)(F)F)C1. The van der Waals surface area contributed by atoms with Gasteiger partial charge in [0, 0.05) is 61.0 Å². The summed E-state index contributed by atoms with van der Waals surface area (Å²) in [5.74, 6) is -5.49. The first-order chi connectivity index (χ1) is 34.8. The van der Waals surface area contributed by atoms with Crippen LogP contribution in [0.25, 0.3) is 11.3 Å². The van der Waals surface area contributed by atoms with Gasteiger partial charge in [0.05, 0.1) is 55.4 Å². The molecule has 3 aromatic carbocycles. The molecule has 2 aliphatic rings. The Kier molecular flexibility index (Phi) is 19.0. The number of ether oxygens (including phenoxy) is 3. The highest BCUT2D eigenvalue weighted by Gasteiger charge is 2.44. The van der Waals surface area contributed by atoms with E-state index < -0.39 is 77.7 Å². The predicted octanol–water partition coefficient (Wildman–Crippen LogP) is 8.99. The van der Waals surface area contributed by atoms with Crippen LogP contribution in [-0.2, 0) is 55.2 Å². The van der Waals surface area contributed by atoms with Gasteiger partial charge >= 0.3 is 18.2 Å². The molecule has 1 saturated heterocycles. The molecule has 0 radical (unpaired) electrons. The van der Waals surface area contributed by atoms with Gasteiger partial charge in [-0.2, -0.15) is 13.2 Å². The minimum absolute atomic E-state index is 0.0207. The second-order valence-electron chi connectivity index (χ2n) is 20.0. The predicted molar refractivity (Wildman–Crippen MR) is 268 cm³/mol. The summed E-state index contributed by atoms with van der Waals surface area (Å²) in [7, 11) is 3.18. The van der Waals surface area contributed by atoms with Gasteiger partial charge in [0.2, 0.25) is 17.7 Å². The number of aromatic nitrogens is 2. The molecule has 1 saturated carbocycles. The summed E-state index contributed by atoms with van der Waals surface area (Å²) in [6.45, 7) is 6.49. The number of carboxylic acids is 1. The Morgan fingerprint density at radius 3 is 2.27 bits per heavy atom. The van der Waals surface area contributed by atoms with Gasteiger partial charge in [0.1, 0.15) is 34.8 Å². The van der Waals surface area contributed by atoms with Crippen LogP contribution in [0.1, 0.15) is 89.6 Å². The van der Waals surface area contributed by atoms with Crippen LogP contribution in [0, 0.1) is 11.7 Å². The molecular weight excluding hydrogens is 1010 g/mol. The molecule has 2 fully saturated rings. The normalized spacial score (nSPS) is 17.4. The highest BCUT2D eigenvalue weighted by Crippen LogP contribution is 2.35. The van der Waals surface area contributed by atoms with Gasteiger partial charge < -0.3 is 44.7 Å². The first kappa shape index (κ1) is 57.3. The van der Waals surface area contributed by atoms with Crippen molar-refractivity contribution in [2.24, 2.45) is 13.0 Å². The van der Waals surface area contributed by atoms with E-state index in [1.807, 2.05) is 44.5 Å². The molecule has 1 aromatic heterocycles. The van der Waals surface area contributed by atoms with Gasteiger partial charge in [-0.1, -0.05) is 35.3 Å². The molecule has 1 aliphatic heterocycles. The minimum atomic E-state index is -4.81. The third-order valence-electron chi connectivity index (χ3n) is 13.0. The molecule has 22 heteroatoms. The van der Waals surface area contributed by atoms with Crippen LogP contribution in [0.15, 0.2) is 66.9 Å². The van der Waals surface area contributed by atoms with Crippen LogP contribution in [-0.4, -0.2) is 116 Å². The van der Waals surface area contributed by atoms with Crippen LogP contribution in [0.2, 0.25) is 10.0 Å². The quantitative estimate of drug-likeness (QED) is 0.0582. The molecule has 16 nitrogen and oxygen atoms in total. The number of halogens is 6. The molecule has 0 spiro atoms. The minimum Gasteiger partial charge on any atom is -0.481 e. The highest BCUT2D eigenvalue weighted by atomic mass is 35.5. The van der Waals surface area contributed by atoms with Crippen LogP contribution < -0.4 is 20.7 Å². The zero-order chi connectivity index (χ0) is 54.1. The fraction of sp³-hybridized carbons (Fsp3) is 0.500. The highest BCUT2D eigenvalue weighted by molar-refractivity contribution is 6.31. The maximum absolute atomic E-state index is 15.7. The number of rotatable bonds is 21. The summed E-state index contributed by atoms with van der Waals surface area (Å²) in [5.41, 5.74) is 0.363. The number of hydrogen-bond donors (Lipinski definition) is 4. The zero-order valence-corrected chi connectivity index (χ0v) is 43.6. The lowest BCUT2D eigenvalue weighted by atomic mass is 9.82. The van der Waals surface area contributed by atoms with Crippen molar-refractivity contribution in [1.29, 1.82) is 0 Å². The van der Waals surface area contributed by atoms with E-state index in [9.17, 15) is 42.3 Å². The Bertz CT molecular complexity index is 2630. The number of nitrogens with zero attached hydrogens (tertiary/aromatic N) is 4. The summed E-state index contributed by atoms with van der Waals surface area (Å²) in [6, 6.07) is 13.9. The molecule has 74 heavy (non-hydrogen) atoms. The number of methoxy groups -OCH3 is 1. The molecule has 2 heterocycles. The molecule has 3 unspecified atom stereocenters. The van der Waals surface area contributed by atoms with Crippen molar-refractivity contribution < 1.29 is 60.9 Å². The number of carbonyl (C=O) groups is 5. The summed E-state index contributed by atoms with van der Waals surface area (Å²) >= 11 is 12.4. The molecule has 4 aromatic rings. The molecule has 402 valence electrons. The van der Waals surface area contributed by atoms with Gasteiger partial charge in [-0.05, 0) is 120 Å². The van der Waals surface area contributed by atoms with E-state index in [2.05, 4.69) is 20.9 Å². The zero-order valence-electron chi connectivity index (χ0n) is 42.1. The molecule has 0 bridgehead atoms. The largest absolute Gasteiger partial charge is 0.481 e. The number of hydrogen-bond acceptors (Lipinski definition) is 10.